The molecule has 0 unspecified atom stereocenters. The van der Waals surface area contributed by atoms with E-state index in [-0.39, 0.29) is 12.1 Å². The van der Waals surface area contributed by atoms with E-state index in [1.807, 2.05) is 51.2 Å². The summed E-state index contributed by atoms with van der Waals surface area (Å²) in [5.41, 5.74) is 2.28. The topological polar surface area (TPSA) is 57.0 Å². The molecule has 26 heavy (non-hydrogen) atoms. The number of esters is 1. The summed E-state index contributed by atoms with van der Waals surface area (Å²) in [5, 5.41) is 4.53. The van der Waals surface area contributed by atoms with Crippen molar-refractivity contribution >= 4 is 37.8 Å². The van der Waals surface area contributed by atoms with Gasteiger partial charge in [0.1, 0.15) is 0 Å². The lowest BCUT2D eigenvalue weighted by Gasteiger charge is -2.08. The largest absolute Gasteiger partial charge is 0.459 e. The normalized spacial score (nSPS) is 11.0. The molecule has 0 fully saturated rings. The molecule has 0 aliphatic heterocycles. The first-order chi connectivity index (χ1) is 12.4. The number of hydrogen-bond acceptors (Lipinski definition) is 4. The third kappa shape index (κ3) is 3.88. The fourth-order valence-corrected chi connectivity index (χ4v) is 3.84. The molecule has 0 atom stereocenters. The summed E-state index contributed by atoms with van der Waals surface area (Å²) < 4.78 is 8.76. The van der Waals surface area contributed by atoms with Crippen molar-refractivity contribution in [1.82, 2.24) is 14.8 Å². The fraction of sp³-hybridized carbons (Fsp3) is 0.211. The Balaban J connectivity index is 1.94. The summed E-state index contributed by atoms with van der Waals surface area (Å²) in [4.78, 5) is 16.6. The molecule has 0 N–H and O–H groups in total. The van der Waals surface area contributed by atoms with Crippen molar-refractivity contribution in [3.8, 4) is 22.8 Å². The van der Waals surface area contributed by atoms with Crippen LogP contribution in [0.1, 0.15) is 24.2 Å². The number of halogens is 2. The van der Waals surface area contributed by atoms with Crippen LogP contribution in [0, 0.1) is 0 Å². The molecule has 0 amide bonds. The van der Waals surface area contributed by atoms with Gasteiger partial charge in [-0.25, -0.2) is 14.5 Å². The van der Waals surface area contributed by atoms with E-state index in [0.29, 0.717) is 17.2 Å². The molecule has 1 heterocycles. The molecular formula is C19H17Br2N3O2. The molecule has 0 radical (unpaired) electrons. The number of rotatable bonds is 4. The number of ether oxygens (including phenoxy) is 1. The Morgan fingerprint density at radius 2 is 1.69 bits per heavy atom. The number of hydrogen-bond donors (Lipinski definition) is 0. The molecule has 7 heteroatoms. The Morgan fingerprint density at radius 3 is 2.27 bits per heavy atom. The van der Waals surface area contributed by atoms with Crippen molar-refractivity contribution in [3.63, 3.8) is 0 Å². The van der Waals surface area contributed by atoms with Crippen LogP contribution in [0.25, 0.3) is 22.8 Å². The number of aromatic nitrogens is 3. The minimum atomic E-state index is -0.331. The van der Waals surface area contributed by atoms with Gasteiger partial charge < -0.3 is 4.74 Å². The van der Waals surface area contributed by atoms with E-state index < -0.39 is 0 Å². The summed E-state index contributed by atoms with van der Waals surface area (Å²) >= 11 is 7.10. The Kier molecular flexibility index (Phi) is 5.58. The highest BCUT2D eigenvalue weighted by molar-refractivity contribution is 9.11. The smallest absolute Gasteiger partial charge is 0.338 e. The van der Waals surface area contributed by atoms with Crippen LogP contribution in [0.3, 0.4) is 0 Å². The summed E-state index contributed by atoms with van der Waals surface area (Å²) in [5.74, 6) is 0.999. The van der Waals surface area contributed by atoms with Crippen molar-refractivity contribution in [3.05, 3.63) is 57.0 Å². The van der Waals surface area contributed by atoms with E-state index in [4.69, 9.17) is 4.74 Å². The lowest BCUT2D eigenvalue weighted by molar-refractivity contribution is 0.0378. The number of carbonyl (C=O) groups excluding carboxylic acids is 1. The maximum atomic E-state index is 12.0. The predicted molar refractivity (Wildman–Crippen MR) is 108 cm³/mol. The molecule has 5 nitrogen and oxygen atoms in total. The van der Waals surface area contributed by atoms with E-state index in [9.17, 15) is 4.79 Å². The van der Waals surface area contributed by atoms with Crippen molar-refractivity contribution in [2.45, 2.75) is 20.0 Å². The van der Waals surface area contributed by atoms with Gasteiger partial charge in [0, 0.05) is 27.1 Å². The van der Waals surface area contributed by atoms with Crippen LogP contribution < -0.4 is 0 Å². The van der Waals surface area contributed by atoms with Gasteiger partial charge >= 0.3 is 5.97 Å². The molecule has 0 aliphatic rings. The second-order valence-corrected chi connectivity index (χ2v) is 7.72. The van der Waals surface area contributed by atoms with Crippen LogP contribution >= 0.6 is 31.9 Å². The van der Waals surface area contributed by atoms with Gasteiger partial charge in [0.2, 0.25) is 0 Å². The zero-order chi connectivity index (χ0) is 18.8. The first kappa shape index (κ1) is 18.8. The van der Waals surface area contributed by atoms with Gasteiger partial charge in [-0.2, -0.15) is 5.10 Å². The molecule has 0 aliphatic carbocycles. The highest BCUT2D eigenvalue weighted by atomic mass is 79.9. The van der Waals surface area contributed by atoms with Gasteiger partial charge in [0.25, 0.3) is 0 Å². The Bertz CT molecular complexity index is 930. The van der Waals surface area contributed by atoms with Crippen LogP contribution in [0.5, 0.6) is 0 Å². The number of carbonyl (C=O) groups is 1. The first-order valence-electron chi connectivity index (χ1n) is 8.03. The lowest BCUT2D eigenvalue weighted by atomic mass is 10.1. The maximum Gasteiger partial charge on any atom is 0.338 e. The van der Waals surface area contributed by atoms with Gasteiger partial charge in [0.05, 0.1) is 11.7 Å². The number of aryl methyl sites for hydroxylation is 1. The monoisotopic (exact) mass is 477 g/mol. The van der Waals surface area contributed by atoms with Gasteiger partial charge in [-0.15, -0.1) is 0 Å². The lowest BCUT2D eigenvalue weighted by Crippen LogP contribution is -2.11. The average Bonchev–Trinajstić information content (AvgIpc) is 2.95. The quantitative estimate of drug-likeness (QED) is 0.481. The van der Waals surface area contributed by atoms with Gasteiger partial charge in [-0.3, -0.25) is 0 Å². The summed E-state index contributed by atoms with van der Waals surface area (Å²) in [6, 6.07) is 13.0. The van der Waals surface area contributed by atoms with E-state index in [2.05, 4.69) is 41.9 Å². The zero-order valence-corrected chi connectivity index (χ0v) is 17.7. The van der Waals surface area contributed by atoms with E-state index >= 15 is 0 Å². The highest BCUT2D eigenvalue weighted by Gasteiger charge is 2.16. The van der Waals surface area contributed by atoms with Crippen molar-refractivity contribution < 1.29 is 9.53 Å². The third-order valence-electron chi connectivity index (χ3n) is 3.67. The number of nitrogens with zero attached hydrogens (tertiary/aromatic N) is 3. The number of benzene rings is 2. The molecule has 134 valence electrons. The summed E-state index contributed by atoms with van der Waals surface area (Å²) in [7, 11) is 1.84. The minimum Gasteiger partial charge on any atom is -0.459 e. The SMILES string of the molecule is CC(C)OC(=O)c1ccc(-c2nc(-c3c(Br)cccc3Br)nn2C)cc1. The molecule has 1 aromatic heterocycles. The summed E-state index contributed by atoms with van der Waals surface area (Å²) in [6.45, 7) is 3.65. The Morgan fingerprint density at radius 1 is 1.08 bits per heavy atom. The van der Waals surface area contributed by atoms with E-state index in [1.54, 1.807) is 16.8 Å². The minimum absolute atomic E-state index is 0.147. The van der Waals surface area contributed by atoms with Crippen molar-refractivity contribution in [1.29, 1.82) is 0 Å². The fourth-order valence-electron chi connectivity index (χ4n) is 2.49. The molecule has 0 bridgehead atoms. The molecule has 3 aromatic rings. The van der Waals surface area contributed by atoms with Crippen molar-refractivity contribution in [2.75, 3.05) is 0 Å². The zero-order valence-electron chi connectivity index (χ0n) is 14.5. The predicted octanol–water partition coefficient (Wildman–Crippen LogP) is 5.24. The van der Waals surface area contributed by atoms with Crippen LogP contribution in [0.2, 0.25) is 0 Å². The van der Waals surface area contributed by atoms with Crippen LogP contribution in [-0.4, -0.2) is 26.8 Å². The van der Waals surface area contributed by atoms with E-state index in [0.717, 1.165) is 20.1 Å². The van der Waals surface area contributed by atoms with E-state index in [1.165, 1.54) is 0 Å². The van der Waals surface area contributed by atoms with Gasteiger partial charge in [0.15, 0.2) is 11.6 Å². The van der Waals surface area contributed by atoms with Crippen LogP contribution in [-0.2, 0) is 11.8 Å². The van der Waals surface area contributed by atoms with Gasteiger partial charge in [-0.05, 0) is 70.0 Å². The van der Waals surface area contributed by atoms with Crippen LogP contribution in [0.4, 0.5) is 0 Å². The molecule has 0 saturated heterocycles. The maximum absolute atomic E-state index is 12.0. The highest BCUT2D eigenvalue weighted by Crippen LogP contribution is 2.34. The molecular weight excluding hydrogens is 462 g/mol. The molecule has 3 rings (SSSR count). The molecule has 2 aromatic carbocycles. The standard InChI is InChI=1S/C19H17Br2N3O2/c1-11(2)26-19(25)13-9-7-12(8-10-13)18-22-17(23-24(18)3)16-14(20)5-4-6-15(16)21/h4-11H,1-3H3. The van der Waals surface area contributed by atoms with Gasteiger partial charge in [-0.1, -0.05) is 18.2 Å². The first-order valence-corrected chi connectivity index (χ1v) is 9.62. The summed E-state index contributed by atoms with van der Waals surface area (Å²) in [6.07, 6.45) is -0.147. The second kappa shape index (κ2) is 7.72. The van der Waals surface area contributed by atoms with Crippen molar-refractivity contribution in [2.24, 2.45) is 7.05 Å². The Labute approximate surface area is 168 Å². The Hall–Kier alpha value is -1.99. The molecule has 0 spiro atoms. The second-order valence-electron chi connectivity index (χ2n) is 6.01. The molecule has 0 saturated carbocycles. The average molecular weight is 479 g/mol. The third-order valence-corrected chi connectivity index (χ3v) is 4.99. The van der Waals surface area contributed by atoms with Crippen LogP contribution in [0.15, 0.2) is 51.4 Å².